The summed E-state index contributed by atoms with van der Waals surface area (Å²) < 4.78 is 0.0794. The SMILES string of the molecule is Cl.N=C1SCCN1CCC(Cl)Sc1ccccc1. The van der Waals surface area contributed by atoms with Crippen molar-refractivity contribution in [1.82, 2.24) is 4.90 Å². The minimum absolute atomic E-state index is 0. The average Bonchev–Trinajstić information content (AvgIpc) is 2.74. The number of hydrogen-bond donors (Lipinski definition) is 1. The van der Waals surface area contributed by atoms with Gasteiger partial charge in [-0.3, -0.25) is 5.41 Å². The normalized spacial score (nSPS) is 16.5. The monoisotopic (exact) mass is 322 g/mol. The van der Waals surface area contributed by atoms with Crippen LogP contribution in [0.4, 0.5) is 0 Å². The number of halogens is 2. The summed E-state index contributed by atoms with van der Waals surface area (Å²) in [6.07, 6.45) is 0.907. The van der Waals surface area contributed by atoms with Crippen LogP contribution in [0.1, 0.15) is 6.42 Å². The van der Waals surface area contributed by atoms with Crippen LogP contribution in [0.3, 0.4) is 0 Å². The number of thioether (sulfide) groups is 2. The summed E-state index contributed by atoms with van der Waals surface area (Å²) in [5.41, 5.74) is 0. The molecule has 0 amide bonds. The van der Waals surface area contributed by atoms with Crippen LogP contribution in [0.15, 0.2) is 35.2 Å². The Balaban J connectivity index is 0.00000162. The van der Waals surface area contributed by atoms with Crippen molar-refractivity contribution in [3.63, 3.8) is 0 Å². The second-order valence-corrected chi connectivity index (χ2v) is 6.92. The van der Waals surface area contributed by atoms with Gasteiger partial charge in [0.1, 0.15) is 0 Å². The molecule has 1 atom stereocenters. The van der Waals surface area contributed by atoms with E-state index in [1.165, 1.54) is 4.90 Å². The summed E-state index contributed by atoms with van der Waals surface area (Å²) in [4.78, 5) is 3.31. The zero-order valence-corrected chi connectivity index (χ0v) is 13.0. The number of nitrogens with zero attached hydrogens (tertiary/aromatic N) is 1. The van der Waals surface area contributed by atoms with Crippen molar-refractivity contribution in [3.8, 4) is 0 Å². The zero-order valence-electron chi connectivity index (χ0n) is 9.84. The van der Waals surface area contributed by atoms with Crippen molar-refractivity contribution in [2.45, 2.75) is 16.0 Å². The Labute approximate surface area is 128 Å². The fourth-order valence-electron chi connectivity index (χ4n) is 1.62. The summed E-state index contributed by atoms with van der Waals surface area (Å²) in [6.45, 7) is 1.88. The van der Waals surface area contributed by atoms with E-state index in [1.54, 1.807) is 23.5 Å². The topological polar surface area (TPSA) is 27.1 Å². The molecule has 1 aliphatic heterocycles. The van der Waals surface area contributed by atoms with E-state index in [9.17, 15) is 0 Å². The van der Waals surface area contributed by atoms with Crippen molar-refractivity contribution in [3.05, 3.63) is 30.3 Å². The standard InChI is InChI=1S/C12H15ClN2S2.ClH/c13-11(17-10-4-2-1-3-5-10)6-7-15-8-9-16-12(15)14;/h1-5,11,14H,6-9H2;1H. The first kappa shape index (κ1) is 16.0. The molecule has 6 heteroatoms. The maximum atomic E-state index is 7.71. The van der Waals surface area contributed by atoms with Gasteiger partial charge in [-0.25, -0.2) is 0 Å². The third-order valence-electron chi connectivity index (χ3n) is 2.52. The lowest BCUT2D eigenvalue weighted by molar-refractivity contribution is 0.456. The van der Waals surface area contributed by atoms with Crippen LogP contribution in [0.5, 0.6) is 0 Å². The van der Waals surface area contributed by atoms with E-state index in [0.717, 1.165) is 25.3 Å². The Morgan fingerprint density at radius 1 is 1.39 bits per heavy atom. The Kier molecular flexibility index (Phi) is 7.30. The van der Waals surface area contributed by atoms with Crippen LogP contribution in [0, 0.1) is 5.41 Å². The van der Waals surface area contributed by atoms with E-state index in [1.807, 2.05) is 18.2 Å². The number of hydrogen-bond acceptors (Lipinski definition) is 3. The minimum Gasteiger partial charge on any atom is -0.351 e. The molecule has 1 aromatic carbocycles. The third-order valence-corrected chi connectivity index (χ3v) is 4.96. The molecule has 100 valence electrons. The van der Waals surface area contributed by atoms with Crippen LogP contribution >= 0.6 is 47.5 Å². The highest BCUT2D eigenvalue weighted by atomic mass is 35.5. The van der Waals surface area contributed by atoms with Gasteiger partial charge >= 0.3 is 0 Å². The van der Waals surface area contributed by atoms with Crippen LogP contribution in [-0.4, -0.2) is 33.6 Å². The van der Waals surface area contributed by atoms with Crippen molar-refractivity contribution in [2.75, 3.05) is 18.8 Å². The smallest absolute Gasteiger partial charge is 0.156 e. The molecule has 2 rings (SSSR count). The molecule has 0 spiro atoms. The third kappa shape index (κ3) is 4.92. The number of alkyl halides is 1. The van der Waals surface area contributed by atoms with Crippen molar-refractivity contribution < 1.29 is 0 Å². The molecule has 0 bridgehead atoms. The summed E-state index contributed by atoms with van der Waals surface area (Å²) >= 11 is 9.61. The maximum absolute atomic E-state index is 7.71. The first-order chi connectivity index (χ1) is 8.25. The molecule has 1 N–H and O–H groups in total. The molecular weight excluding hydrogens is 307 g/mol. The Hall–Kier alpha value is -0.0300. The van der Waals surface area contributed by atoms with Gasteiger partial charge in [0.05, 0.1) is 4.71 Å². The van der Waals surface area contributed by atoms with Gasteiger partial charge in [-0.2, -0.15) is 0 Å². The predicted molar refractivity (Wildman–Crippen MR) is 85.6 cm³/mol. The van der Waals surface area contributed by atoms with Gasteiger partial charge in [-0.1, -0.05) is 30.0 Å². The highest BCUT2D eigenvalue weighted by Gasteiger charge is 2.18. The van der Waals surface area contributed by atoms with Gasteiger partial charge in [0, 0.05) is 23.7 Å². The molecule has 1 saturated heterocycles. The van der Waals surface area contributed by atoms with Gasteiger partial charge in [-0.15, -0.1) is 35.8 Å². The molecule has 2 nitrogen and oxygen atoms in total. The van der Waals surface area contributed by atoms with E-state index in [4.69, 9.17) is 17.0 Å². The van der Waals surface area contributed by atoms with Gasteiger partial charge in [0.15, 0.2) is 5.17 Å². The van der Waals surface area contributed by atoms with Crippen LogP contribution in [0.2, 0.25) is 0 Å². The molecule has 1 unspecified atom stereocenters. The fraction of sp³-hybridized carbons (Fsp3) is 0.417. The number of nitrogens with one attached hydrogen (secondary N) is 1. The van der Waals surface area contributed by atoms with E-state index in [-0.39, 0.29) is 17.1 Å². The van der Waals surface area contributed by atoms with Gasteiger partial charge in [0.2, 0.25) is 0 Å². The van der Waals surface area contributed by atoms with E-state index < -0.39 is 0 Å². The number of benzene rings is 1. The lowest BCUT2D eigenvalue weighted by atomic mass is 10.4. The number of amidine groups is 1. The highest BCUT2D eigenvalue weighted by Crippen LogP contribution is 2.28. The van der Waals surface area contributed by atoms with Crippen molar-refractivity contribution >= 4 is 52.7 Å². The average molecular weight is 323 g/mol. The van der Waals surface area contributed by atoms with Crippen LogP contribution < -0.4 is 0 Å². The quantitative estimate of drug-likeness (QED) is 0.652. The van der Waals surface area contributed by atoms with E-state index in [2.05, 4.69) is 17.0 Å². The first-order valence-electron chi connectivity index (χ1n) is 5.58. The lowest BCUT2D eigenvalue weighted by Gasteiger charge is -2.18. The van der Waals surface area contributed by atoms with E-state index in [0.29, 0.717) is 5.17 Å². The number of rotatable bonds is 5. The molecular formula is C12H16Cl2N2S2. The molecule has 1 aliphatic rings. The second-order valence-electron chi connectivity index (χ2n) is 3.77. The van der Waals surface area contributed by atoms with Gasteiger partial charge in [-0.05, 0) is 18.6 Å². The van der Waals surface area contributed by atoms with Crippen molar-refractivity contribution in [2.24, 2.45) is 0 Å². The predicted octanol–water partition coefficient (Wildman–Crippen LogP) is 4.14. The Morgan fingerprint density at radius 2 is 2.11 bits per heavy atom. The largest absolute Gasteiger partial charge is 0.351 e. The Morgan fingerprint density at radius 3 is 2.72 bits per heavy atom. The zero-order chi connectivity index (χ0) is 12.1. The minimum atomic E-state index is 0. The van der Waals surface area contributed by atoms with Gasteiger partial charge in [0.25, 0.3) is 0 Å². The summed E-state index contributed by atoms with van der Waals surface area (Å²) in [5, 5.41) is 8.40. The van der Waals surface area contributed by atoms with Gasteiger partial charge < -0.3 is 4.90 Å². The summed E-state index contributed by atoms with van der Waals surface area (Å²) in [6, 6.07) is 10.2. The molecule has 0 radical (unpaired) electrons. The van der Waals surface area contributed by atoms with Crippen LogP contribution in [0.25, 0.3) is 0 Å². The second kappa shape index (κ2) is 8.20. The lowest BCUT2D eigenvalue weighted by Crippen LogP contribution is -2.26. The first-order valence-corrected chi connectivity index (χ1v) is 7.88. The van der Waals surface area contributed by atoms with Crippen LogP contribution in [-0.2, 0) is 0 Å². The molecule has 18 heavy (non-hydrogen) atoms. The molecule has 0 aromatic heterocycles. The maximum Gasteiger partial charge on any atom is 0.156 e. The fourth-order valence-corrected chi connectivity index (χ4v) is 3.73. The summed E-state index contributed by atoms with van der Waals surface area (Å²) in [5.74, 6) is 1.04. The Bertz CT molecular complexity index is 376. The molecule has 1 heterocycles. The highest BCUT2D eigenvalue weighted by molar-refractivity contribution is 8.14. The molecule has 0 saturated carbocycles. The molecule has 1 fully saturated rings. The summed E-state index contributed by atoms with van der Waals surface area (Å²) in [7, 11) is 0. The molecule has 1 aromatic rings. The van der Waals surface area contributed by atoms with Crippen molar-refractivity contribution in [1.29, 1.82) is 5.41 Å². The molecule has 0 aliphatic carbocycles. The van der Waals surface area contributed by atoms with E-state index >= 15 is 0 Å².